The van der Waals surface area contributed by atoms with Gasteiger partial charge >= 0.3 is 5.76 Å². The Labute approximate surface area is 137 Å². The van der Waals surface area contributed by atoms with Gasteiger partial charge in [-0.25, -0.2) is 4.79 Å². The monoisotopic (exact) mass is 330 g/mol. The van der Waals surface area contributed by atoms with Crippen molar-refractivity contribution in [2.75, 3.05) is 0 Å². The number of nitrogens with one attached hydrogen (secondary N) is 1. The SMILES string of the molecule is CC(C)c1nnc(C(C)NC(=O)Cn2c(=O)oc3ccccc32)o1. The number of hydrogen-bond acceptors (Lipinski definition) is 6. The highest BCUT2D eigenvalue weighted by Gasteiger charge is 2.19. The molecule has 2 aromatic heterocycles. The number of aromatic nitrogens is 3. The Morgan fingerprint density at radius 3 is 2.58 bits per heavy atom. The maximum Gasteiger partial charge on any atom is 0.420 e. The minimum atomic E-state index is -0.570. The van der Waals surface area contributed by atoms with E-state index in [1.54, 1.807) is 31.2 Å². The highest BCUT2D eigenvalue weighted by Crippen LogP contribution is 2.17. The lowest BCUT2D eigenvalue weighted by Crippen LogP contribution is -2.32. The number of amides is 1. The van der Waals surface area contributed by atoms with E-state index < -0.39 is 11.8 Å². The third kappa shape index (κ3) is 3.08. The van der Waals surface area contributed by atoms with E-state index in [9.17, 15) is 9.59 Å². The molecule has 0 saturated carbocycles. The van der Waals surface area contributed by atoms with E-state index in [0.29, 0.717) is 22.9 Å². The molecule has 3 rings (SSSR count). The normalized spacial score (nSPS) is 12.7. The maximum atomic E-state index is 12.2. The summed E-state index contributed by atoms with van der Waals surface area (Å²) in [5.41, 5.74) is 1.02. The molecule has 0 aliphatic carbocycles. The van der Waals surface area contributed by atoms with Crippen LogP contribution in [0.2, 0.25) is 0 Å². The lowest BCUT2D eigenvalue weighted by atomic mass is 10.2. The average molecular weight is 330 g/mol. The van der Waals surface area contributed by atoms with Crippen LogP contribution in [0, 0.1) is 0 Å². The molecule has 1 unspecified atom stereocenters. The molecule has 0 aliphatic heterocycles. The van der Waals surface area contributed by atoms with Crippen molar-refractivity contribution in [2.45, 2.75) is 39.3 Å². The number of carbonyl (C=O) groups excluding carboxylic acids is 1. The van der Waals surface area contributed by atoms with Gasteiger partial charge in [-0.05, 0) is 19.1 Å². The predicted molar refractivity (Wildman–Crippen MR) is 85.4 cm³/mol. The number of benzene rings is 1. The Balaban J connectivity index is 1.72. The first-order valence-corrected chi connectivity index (χ1v) is 7.66. The highest BCUT2D eigenvalue weighted by molar-refractivity contribution is 5.79. The maximum absolute atomic E-state index is 12.2. The fourth-order valence-corrected chi connectivity index (χ4v) is 2.31. The lowest BCUT2D eigenvalue weighted by Gasteiger charge is -2.10. The highest BCUT2D eigenvalue weighted by atomic mass is 16.4. The summed E-state index contributed by atoms with van der Waals surface area (Å²) in [7, 11) is 0. The van der Waals surface area contributed by atoms with Crippen molar-refractivity contribution in [3.63, 3.8) is 0 Å². The first kappa shape index (κ1) is 16.0. The van der Waals surface area contributed by atoms with Gasteiger partial charge in [0, 0.05) is 5.92 Å². The van der Waals surface area contributed by atoms with Crippen LogP contribution in [-0.4, -0.2) is 20.7 Å². The molecule has 3 aromatic rings. The standard InChI is InChI=1S/C16H18N4O4/c1-9(2)14-18-19-15(24-14)10(3)17-13(21)8-20-11-6-4-5-7-12(11)23-16(20)22/h4-7,9-10H,8H2,1-3H3,(H,17,21). The first-order valence-electron chi connectivity index (χ1n) is 7.66. The summed E-state index contributed by atoms with van der Waals surface area (Å²) in [5.74, 6) is 0.0453. The molecule has 0 spiro atoms. The number of nitrogens with zero attached hydrogens (tertiary/aromatic N) is 3. The summed E-state index contributed by atoms with van der Waals surface area (Å²) in [6, 6.07) is 6.50. The third-order valence-electron chi connectivity index (χ3n) is 3.57. The molecule has 1 aromatic carbocycles. The van der Waals surface area contributed by atoms with Gasteiger partial charge in [-0.3, -0.25) is 9.36 Å². The predicted octanol–water partition coefficient (Wildman–Crippen LogP) is 1.98. The van der Waals surface area contributed by atoms with E-state index in [2.05, 4.69) is 15.5 Å². The molecule has 126 valence electrons. The number of carbonyl (C=O) groups is 1. The fourth-order valence-electron chi connectivity index (χ4n) is 2.31. The van der Waals surface area contributed by atoms with Crippen LogP contribution in [0.3, 0.4) is 0 Å². The Kier molecular flexibility index (Phi) is 4.20. The van der Waals surface area contributed by atoms with Gasteiger partial charge in [-0.1, -0.05) is 26.0 Å². The Morgan fingerprint density at radius 2 is 1.88 bits per heavy atom. The van der Waals surface area contributed by atoms with Gasteiger partial charge in [0.05, 0.1) is 5.52 Å². The molecule has 8 heteroatoms. The number of para-hydroxylation sites is 2. The second-order valence-corrected chi connectivity index (χ2v) is 5.84. The molecule has 0 saturated heterocycles. The van der Waals surface area contributed by atoms with E-state index in [1.165, 1.54) is 4.57 Å². The van der Waals surface area contributed by atoms with Crippen LogP contribution in [0.5, 0.6) is 0 Å². The molecule has 0 bridgehead atoms. The molecule has 1 N–H and O–H groups in total. The van der Waals surface area contributed by atoms with E-state index in [-0.39, 0.29) is 18.4 Å². The van der Waals surface area contributed by atoms with Gasteiger partial charge in [-0.15, -0.1) is 10.2 Å². The summed E-state index contributed by atoms with van der Waals surface area (Å²) in [4.78, 5) is 24.1. The lowest BCUT2D eigenvalue weighted by molar-refractivity contribution is -0.122. The zero-order valence-electron chi connectivity index (χ0n) is 13.6. The van der Waals surface area contributed by atoms with Crippen LogP contribution >= 0.6 is 0 Å². The van der Waals surface area contributed by atoms with Gasteiger partial charge in [0.2, 0.25) is 17.7 Å². The largest absolute Gasteiger partial charge is 0.423 e. The van der Waals surface area contributed by atoms with Gasteiger partial charge in [0.25, 0.3) is 0 Å². The van der Waals surface area contributed by atoms with Gasteiger partial charge in [0.15, 0.2) is 5.58 Å². The van der Waals surface area contributed by atoms with Gasteiger partial charge in [0.1, 0.15) is 12.6 Å². The molecule has 0 radical (unpaired) electrons. The number of oxazole rings is 1. The topological polar surface area (TPSA) is 103 Å². The molecule has 1 atom stereocenters. The second kappa shape index (κ2) is 6.31. The molecule has 0 aliphatic rings. The fraction of sp³-hybridized carbons (Fsp3) is 0.375. The van der Waals surface area contributed by atoms with Crippen molar-refractivity contribution in [1.29, 1.82) is 0 Å². The van der Waals surface area contributed by atoms with Crippen molar-refractivity contribution in [3.05, 3.63) is 46.6 Å². The molecule has 24 heavy (non-hydrogen) atoms. The Hall–Kier alpha value is -2.90. The number of fused-ring (bicyclic) bond motifs is 1. The summed E-state index contributed by atoms with van der Waals surface area (Å²) >= 11 is 0. The summed E-state index contributed by atoms with van der Waals surface area (Å²) < 4.78 is 11.9. The molecule has 1 amide bonds. The van der Waals surface area contributed by atoms with Crippen molar-refractivity contribution >= 4 is 17.0 Å². The summed E-state index contributed by atoms with van der Waals surface area (Å²) in [5, 5.41) is 10.6. The van der Waals surface area contributed by atoms with E-state index in [0.717, 1.165) is 0 Å². The molecular formula is C16H18N4O4. The first-order chi connectivity index (χ1) is 11.5. The zero-order chi connectivity index (χ0) is 17.3. The molecule has 2 heterocycles. The van der Waals surface area contributed by atoms with Crippen LogP contribution in [0.25, 0.3) is 11.1 Å². The number of rotatable bonds is 5. The molecule has 8 nitrogen and oxygen atoms in total. The quantitative estimate of drug-likeness (QED) is 0.767. The molecule has 0 fully saturated rings. The summed E-state index contributed by atoms with van der Waals surface area (Å²) in [6.07, 6.45) is 0. The zero-order valence-corrected chi connectivity index (χ0v) is 13.6. The van der Waals surface area contributed by atoms with Gasteiger partial charge in [-0.2, -0.15) is 0 Å². The minimum absolute atomic E-state index is 0.116. The van der Waals surface area contributed by atoms with Crippen molar-refractivity contribution in [1.82, 2.24) is 20.1 Å². The summed E-state index contributed by atoms with van der Waals surface area (Å²) in [6.45, 7) is 5.48. The second-order valence-electron chi connectivity index (χ2n) is 5.84. The van der Waals surface area contributed by atoms with Crippen LogP contribution in [0.15, 0.2) is 37.9 Å². The third-order valence-corrected chi connectivity index (χ3v) is 3.57. The van der Waals surface area contributed by atoms with Crippen molar-refractivity contribution in [2.24, 2.45) is 0 Å². The average Bonchev–Trinajstić information content (AvgIpc) is 3.13. The van der Waals surface area contributed by atoms with Crippen molar-refractivity contribution in [3.8, 4) is 0 Å². The van der Waals surface area contributed by atoms with E-state index >= 15 is 0 Å². The Morgan fingerprint density at radius 1 is 1.17 bits per heavy atom. The van der Waals surface area contributed by atoms with Crippen LogP contribution in [0.1, 0.15) is 44.5 Å². The molecular weight excluding hydrogens is 312 g/mol. The minimum Gasteiger partial charge on any atom is -0.423 e. The van der Waals surface area contributed by atoms with Crippen LogP contribution < -0.4 is 11.1 Å². The van der Waals surface area contributed by atoms with Gasteiger partial charge < -0.3 is 14.2 Å². The van der Waals surface area contributed by atoms with Crippen LogP contribution in [0.4, 0.5) is 0 Å². The van der Waals surface area contributed by atoms with E-state index in [1.807, 2.05) is 13.8 Å². The van der Waals surface area contributed by atoms with Crippen molar-refractivity contribution < 1.29 is 13.6 Å². The van der Waals surface area contributed by atoms with E-state index in [4.69, 9.17) is 8.83 Å². The number of hydrogen-bond donors (Lipinski definition) is 1. The smallest absolute Gasteiger partial charge is 0.420 e. The Bertz CT molecular complexity index is 921. The van der Waals surface area contributed by atoms with Crippen LogP contribution in [-0.2, 0) is 11.3 Å².